The van der Waals surface area contributed by atoms with Gasteiger partial charge in [0.2, 0.25) is 0 Å². The van der Waals surface area contributed by atoms with Crippen molar-refractivity contribution in [2.24, 2.45) is 4.99 Å². The molecular formula is C26H22N2O3S2. The molecule has 5 rings (SSSR count). The Hall–Kier alpha value is -3.13. The Kier molecular flexibility index (Phi) is 5.93. The number of thioether (sulfide) groups is 1. The Labute approximate surface area is 197 Å². The number of hydrogen-bond donors (Lipinski definition) is 1. The van der Waals surface area contributed by atoms with Crippen molar-refractivity contribution in [1.29, 1.82) is 0 Å². The van der Waals surface area contributed by atoms with Gasteiger partial charge in [0, 0.05) is 28.1 Å². The van der Waals surface area contributed by atoms with Crippen molar-refractivity contribution in [2.75, 3.05) is 17.2 Å². The van der Waals surface area contributed by atoms with Crippen molar-refractivity contribution in [3.8, 4) is 0 Å². The second kappa shape index (κ2) is 9.02. The van der Waals surface area contributed by atoms with Gasteiger partial charge in [-0.25, -0.2) is 4.99 Å². The minimum atomic E-state index is -3.99. The van der Waals surface area contributed by atoms with Crippen LogP contribution < -0.4 is 4.90 Å². The van der Waals surface area contributed by atoms with E-state index in [-0.39, 0.29) is 5.75 Å². The Balaban J connectivity index is 1.51. The van der Waals surface area contributed by atoms with Gasteiger partial charge in [-0.05, 0) is 36.8 Å². The first-order valence-corrected chi connectivity index (χ1v) is 13.1. The largest absolute Gasteiger partial charge is 0.335 e. The van der Waals surface area contributed by atoms with E-state index in [9.17, 15) is 8.42 Å². The summed E-state index contributed by atoms with van der Waals surface area (Å²) in [5.41, 5.74) is 6.14. The number of hydrogen-bond acceptors (Lipinski definition) is 5. The topological polar surface area (TPSA) is 70.0 Å². The molecule has 0 aromatic heterocycles. The number of aliphatic imine (C=N–C) groups is 1. The molecule has 0 aliphatic carbocycles. The summed E-state index contributed by atoms with van der Waals surface area (Å²) in [4.78, 5) is 8.12. The summed E-state index contributed by atoms with van der Waals surface area (Å²) in [5, 5.41) is 1.01. The molecular weight excluding hydrogens is 452 g/mol. The van der Waals surface area contributed by atoms with E-state index in [2.05, 4.69) is 41.3 Å². The highest BCUT2D eigenvalue weighted by Gasteiger charge is 2.26. The van der Waals surface area contributed by atoms with Crippen LogP contribution in [0.5, 0.6) is 0 Å². The molecule has 0 saturated heterocycles. The molecule has 0 saturated carbocycles. The maximum atomic E-state index is 11.2. The van der Waals surface area contributed by atoms with Crippen molar-refractivity contribution >= 4 is 44.5 Å². The summed E-state index contributed by atoms with van der Waals surface area (Å²) >= 11 is 1.65. The van der Waals surface area contributed by atoms with E-state index in [0.717, 1.165) is 43.7 Å². The van der Waals surface area contributed by atoms with Gasteiger partial charge in [0.1, 0.15) is 0 Å². The molecule has 33 heavy (non-hydrogen) atoms. The minimum absolute atomic E-state index is 0.261. The van der Waals surface area contributed by atoms with Crippen molar-refractivity contribution in [1.82, 2.24) is 0 Å². The van der Waals surface area contributed by atoms with Gasteiger partial charge >= 0.3 is 0 Å². The molecule has 0 bridgehead atoms. The summed E-state index contributed by atoms with van der Waals surface area (Å²) in [6.07, 6.45) is 4.51. The summed E-state index contributed by atoms with van der Waals surface area (Å²) in [6, 6.07) is 26.3. The molecule has 166 valence electrons. The number of rotatable bonds is 6. The average molecular weight is 475 g/mol. The zero-order valence-electron chi connectivity index (χ0n) is 17.8. The lowest BCUT2D eigenvalue weighted by atomic mass is 9.97. The molecule has 7 heteroatoms. The van der Waals surface area contributed by atoms with Crippen LogP contribution in [0.15, 0.2) is 106 Å². The van der Waals surface area contributed by atoms with Crippen LogP contribution in [0.3, 0.4) is 0 Å². The molecule has 0 fully saturated rings. The Morgan fingerprint density at radius 1 is 0.909 bits per heavy atom. The SMILES string of the molecule is O=S(=O)(O)CCCN1/C(=C/C=C2/C(c3ccccc3)=Nc3ccccc32)Sc2ccccc21. The predicted octanol–water partition coefficient (Wildman–Crippen LogP) is 5.94. The van der Waals surface area contributed by atoms with Crippen LogP contribution in [0.2, 0.25) is 0 Å². The molecule has 0 unspecified atom stereocenters. The number of anilines is 1. The van der Waals surface area contributed by atoms with Crippen LogP contribution in [0.4, 0.5) is 11.4 Å². The second-order valence-corrected chi connectivity index (χ2v) is 10.4. The first-order chi connectivity index (χ1) is 16.0. The lowest BCUT2D eigenvalue weighted by Gasteiger charge is -2.20. The average Bonchev–Trinajstić information content (AvgIpc) is 3.36. The monoisotopic (exact) mass is 474 g/mol. The van der Waals surface area contributed by atoms with Crippen molar-refractivity contribution in [2.45, 2.75) is 11.3 Å². The second-order valence-electron chi connectivity index (χ2n) is 7.79. The Morgan fingerprint density at radius 3 is 2.45 bits per heavy atom. The van der Waals surface area contributed by atoms with Crippen LogP contribution in [0.1, 0.15) is 17.5 Å². The van der Waals surface area contributed by atoms with Crippen molar-refractivity contribution in [3.63, 3.8) is 0 Å². The number of allylic oxidation sites excluding steroid dienone is 3. The fourth-order valence-electron chi connectivity index (χ4n) is 4.06. The van der Waals surface area contributed by atoms with Gasteiger partial charge < -0.3 is 4.90 Å². The first kappa shape index (κ1) is 21.7. The van der Waals surface area contributed by atoms with Gasteiger partial charge in [-0.1, -0.05) is 72.4 Å². The molecule has 0 radical (unpaired) electrons. The summed E-state index contributed by atoms with van der Waals surface area (Å²) < 4.78 is 31.6. The highest BCUT2D eigenvalue weighted by atomic mass is 32.2. The molecule has 0 atom stereocenters. The van der Waals surface area contributed by atoms with Crippen molar-refractivity contribution < 1.29 is 13.0 Å². The summed E-state index contributed by atoms with van der Waals surface area (Å²) in [7, 11) is -3.99. The normalized spacial score (nSPS) is 17.4. The van der Waals surface area contributed by atoms with Gasteiger partial charge in [-0.15, -0.1) is 0 Å². The lowest BCUT2D eigenvalue weighted by Crippen LogP contribution is -2.21. The van der Waals surface area contributed by atoms with E-state index in [1.54, 1.807) is 11.8 Å². The molecule has 5 nitrogen and oxygen atoms in total. The number of benzene rings is 3. The molecule has 2 aliphatic heterocycles. The summed E-state index contributed by atoms with van der Waals surface area (Å²) in [5.74, 6) is -0.261. The zero-order valence-corrected chi connectivity index (χ0v) is 19.4. The molecule has 1 N–H and O–H groups in total. The fourth-order valence-corrected chi connectivity index (χ4v) is 5.64. The van der Waals surface area contributed by atoms with Gasteiger partial charge in [0.05, 0.1) is 27.9 Å². The third-order valence-electron chi connectivity index (χ3n) is 5.54. The van der Waals surface area contributed by atoms with E-state index in [1.807, 2.05) is 54.6 Å². The third kappa shape index (κ3) is 4.66. The third-order valence-corrected chi connectivity index (χ3v) is 7.48. The quantitative estimate of drug-likeness (QED) is 0.448. The highest BCUT2D eigenvalue weighted by Crippen LogP contribution is 2.46. The van der Waals surface area contributed by atoms with Crippen LogP contribution >= 0.6 is 11.8 Å². The maximum Gasteiger partial charge on any atom is 0.264 e. The van der Waals surface area contributed by atoms with Gasteiger partial charge in [0.25, 0.3) is 10.1 Å². The van der Waals surface area contributed by atoms with E-state index >= 15 is 0 Å². The van der Waals surface area contributed by atoms with Crippen LogP contribution in [-0.4, -0.2) is 31.0 Å². The standard InChI is InChI=1S/C26H22N2O3S2/c29-33(30,31)18-8-17-28-23-13-6-7-14-24(23)32-25(28)16-15-21-20-11-4-5-12-22(20)27-26(21)19-9-2-1-3-10-19/h1-7,9-16H,8,17-18H2,(H,29,30,31)/b21-15+,25-16-. The maximum absolute atomic E-state index is 11.2. The lowest BCUT2D eigenvalue weighted by molar-refractivity contribution is 0.481. The fraction of sp³-hybridized carbons (Fsp3) is 0.115. The molecule has 2 aliphatic rings. The Morgan fingerprint density at radius 2 is 1.64 bits per heavy atom. The number of nitrogens with zero attached hydrogens (tertiary/aromatic N) is 2. The molecule has 3 aromatic carbocycles. The minimum Gasteiger partial charge on any atom is -0.335 e. The first-order valence-electron chi connectivity index (χ1n) is 10.6. The zero-order chi connectivity index (χ0) is 22.8. The van der Waals surface area contributed by atoms with Crippen molar-refractivity contribution in [3.05, 3.63) is 107 Å². The highest BCUT2D eigenvalue weighted by molar-refractivity contribution is 8.03. The van der Waals surface area contributed by atoms with Crippen LogP contribution in [0, 0.1) is 0 Å². The smallest absolute Gasteiger partial charge is 0.264 e. The van der Waals surface area contributed by atoms with E-state index in [1.165, 1.54) is 0 Å². The van der Waals surface area contributed by atoms with E-state index < -0.39 is 10.1 Å². The molecule has 0 spiro atoms. The predicted molar refractivity (Wildman–Crippen MR) is 136 cm³/mol. The number of fused-ring (bicyclic) bond motifs is 2. The van der Waals surface area contributed by atoms with Gasteiger partial charge in [0.15, 0.2) is 0 Å². The van der Waals surface area contributed by atoms with Crippen LogP contribution in [-0.2, 0) is 10.1 Å². The van der Waals surface area contributed by atoms with Gasteiger partial charge in [-0.2, -0.15) is 8.42 Å². The molecule has 2 heterocycles. The van der Waals surface area contributed by atoms with E-state index in [0.29, 0.717) is 13.0 Å². The molecule has 0 amide bonds. The number of para-hydroxylation sites is 2. The Bertz CT molecular complexity index is 1390. The summed E-state index contributed by atoms with van der Waals surface area (Å²) in [6.45, 7) is 0.495. The van der Waals surface area contributed by atoms with E-state index in [4.69, 9.17) is 9.55 Å². The van der Waals surface area contributed by atoms with Crippen LogP contribution in [0.25, 0.3) is 5.57 Å². The molecule has 3 aromatic rings. The van der Waals surface area contributed by atoms with Gasteiger partial charge in [-0.3, -0.25) is 4.55 Å².